The Bertz CT molecular complexity index is 272. The molecule has 2 heteroatoms. The van der Waals surface area contributed by atoms with E-state index in [9.17, 15) is 0 Å². The molecule has 2 rings (SSSR count). The van der Waals surface area contributed by atoms with Gasteiger partial charge in [0.05, 0.1) is 6.61 Å². The van der Waals surface area contributed by atoms with E-state index in [1.54, 1.807) is 0 Å². The molecule has 0 saturated heterocycles. The average molecular weight is 274 g/mol. The highest BCUT2D eigenvalue weighted by Crippen LogP contribution is 2.27. The van der Waals surface area contributed by atoms with Gasteiger partial charge in [0.1, 0.15) is 5.75 Å². The summed E-state index contributed by atoms with van der Waals surface area (Å²) in [6.07, 6.45) is 1.18. The van der Waals surface area contributed by atoms with Gasteiger partial charge in [-0.05, 0) is 18.1 Å². The number of ether oxygens (including phenoxy) is 1. The van der Waals surface area contributed by atoms with Gasteiger partial charge >= 0.3 is 0 Å². The van der Waals surface area contributed by atoms with Crippen LogP contribution in [0.1, 0.15) is 5.56 Å². The second kappa shape index (κ2) is 3.64. The summed E-state index contributed by atoms with van der Waals surface area (Å²) in [7, 11) is 0. The van der Waals surface area contributed by atoms with Crippen molar-refractivity contribution < 1.29 is 4.74 Å². The van der Waals surface area contributed by atoms with E-state index in [1.165, 1.54) is 16.4 Å². The average Bonchev–Trinajstić information content (AvgIpc) is 2.17. The number of benzene rings is 1. The fourth-order valence-electron chi connectivity index (χ4n) is 1.49. The highest BCUT2D eigenvalue weighted by atomic mass is 127. The molecule has 0 fully saturated rings. The molecule has 12 heavy (non-hydrogen) atoms. The van der Waals surface area contributed by atoms with Gasteiger partial charge in [-0.1, -0.05) is 40.8 Å². The molecule has 0 aliphatic carbocycles. The van der Waals surface area contributed by atoms with E-state index in [0.29, 0.717) is 5.92 Å². The first kappa shape index (κ1) is 8.35. The molecule has 1 atom stereocenters. The summed E-state index contributed by atoms with van der Waals surface area (Å²) < 4.78 is 6.81. The molecule has 0 amide bonds. The van der Waals surface area contributed by atoms with E-state index in [0.717, 1.165) is 12.4 Å². The van der Waals surface area contributed by atoms with Crippen LogP contribution in [-0.2, 0) is 6.42 Å². The number of rotatable bonds is 1. The van der Waals surface area contributed by atoms with E-state index < -0.39 is 0 Å². The molecular formula is C10H11IO. The summed E-state index contributed by atoms with van der Waals surface area (Å²) in [5.74, 6) is 1.79. The van der Waals surface area contributed by atoms with Crippen molar-refractivity contribution in [3.8, 4) is 5.75 Å². The maximum absolute atomic E-state index is 5.62. The Labute approximate surface area is 86.3 Å². The summed E-state index contributed by atoms with van der Waals surface area (Å²) in [4.78, 5) is 0. The lowest BCUT2D eigenvalue weighted by Gasteiger charge is -2.23. The molecule has 1 aromatic rings. The molecule has 0 spiro atoms. The third kappa shape index (κ3) is 1.58. The molecule has 64 valence electrons. The summed E-state index contributed by atoms with van der Waals surface area (Å²) in [5, 5.41) is 0. The van der Waals surface area contributed by atoms with E-state index in [4.69, 9.17) is 4.74 Å². The lowest BCUT2D eigenvalue weighted by Crippen LogP contribution is -2.21. The van der Waals surface area contributed by atoms with Gasteiger partial charge in [-0.2, -0.15) is 0 Å². The Morgan fingerprint density at radius 2 is 2.25 bits per heavy atom. The van der Waals surface area contributed by atoms with E-state index in [1.807, 2.05) is 6.07 Å². The van der Waals surface area contributed by atoms with E-state index in [-0.39, 0.29) is 0 Å². The lowest BCUT2D eigenvalue weighted by atomic mass is 9.99. The summed E-state index contributed by atoms with van der Waals surface area (Å²) >= 11 is 2.43. The molecule has 0 N–H and O–H groups in total. The molecule has 1 aliphatic rings. The third-order valence-corrected chi connectivity index (χ3v) is 3.42. The number of alkyl halides is 1. The van der Waals surface area contributed by atoms with Crippen molar-refractivity contribution in [2.24, 2.45) is 5.92 Å². The number of fused-ring (bicyclic) bond motifs is 1. The molecule has 0 bridgehead atoms. The zero-order valence-electron chi connectivity index (χ0n) is 6.79. The predicted molar refractivity (Wildman–Crippen MR) is 58.0 cm³/mol. The second-order valence-corrected chi connectivity index (χ2v) is 4.02. The monoisotopic (exact) mass is 274 g/mol. The quantitative estimate of drug-likeness (QED) is 0.565. The van der Waals surface area contributed by atoms with Crippen LogP contribution in [0.2, 0.25) is 0 Å². The Morgan fingerprint density at radius 3 is 3.08 bits per heavy atom. The largest absolute Gasteiger partial charge is 0.493 e. The standard InChI is InChI=1S/C10H11IO/c11-6-8-5-9-3-1-2-4-10(9)12-7-8/h1-4,8H,5-7H2. The van der Waals surface area contributed by atoms with Crippen LogP contribution in [0.3, 0.4) is 0 Å². The highest BCUT2D eigenvalue weighted by Gasteiger charge is 2.17. The molecule has 0 aromatic heterocycles. The zero-order valence-corrected chi connectivity index (χ0v) is 8.95. The van der Waals surface area contributed by atoms with Crippen LogP contribution in [0.15, 0.2) is 24.3 Å². The van der Waals surface area contributed by atoms with Gasteiger partial charge in [0, 0.05) is 10.3 Å². The van der Waals surface area contributed by atoms with Gasteiger partial charge in [-0.3, -0.25) is 0 Å². The van der Waals surface area contributed by atoms with Crippen molar-refractivity contribution in [1.82, 2.24) is 0 Å². The zero-order chi connectivity index (χ0) is 8.39. The first-order chi connectivity index (χ1) is 5.90. The summed E-state index contributed by atoms with van der Waals surface area (Å²) in [6.45, 7) is 0.889. The van der Waals surface area contributed by atoms with Crippen LogP contribution >= 0.6 is 22.6 Å². The molecule has 0 saturated carbocycles. The van der Waals surface area contributed by atoms with Crippen LogP contribution in [0, 0.1) is 5.92 Å². The van der Waals surface area contributed by atoms with Gasteiger partial charge < -0.3 is 4.74 Å². The number of para-hydroxylation sites is 1. The fraction of sp³-hybridized carbons (Fsp3) is 0.400. The molecule has 1 unspecified atom stereocenters. The molecule has 1 aromatic carbocycles. The lowest BCUT2D eigenvalue weighted by molar-refractivity contribution is 0.238. The van der Waals surface area contributed by atoms with Crippen LogP contribution in [0.5, 0.6) is 5.75 Å². The Balaban J connectivity index is 2.23. The normalized spacial score (nSPS) is 21.2. The molecular weight excluding hydrogens is 263 g/mol. The van der Waals surface area contributed by atoms with Gasteiger partial charge in [-0.15, -0.1) is 0 Å². The number of hydrogen-bond acceptors (Lipinski definition) is 1. The maximum atomic E-state index is 5.62. The van der Waals surface area contributed by atoms with Gasteiger partial charge in [-0.25, -0.2) is 0 Å². The van der Waals surface area contributed by atoms with Crippen LogP contribution in [-0.4, -0.2) is 11.0 Å². The van der Waals surface area contributed by atoms with E-state index in [2.05, 4.69) is 40.8 Å². The van der Waals surface area contributed by atoms with Gasteiger partial charge in [0.2, 0.25) is 0 Å². The minimum atomic E-state index is 0.709. The third-order valence-electron chi connectivity index (χ3n) is 2.17. The minimum absolute atomic E-state index is 0.709. The molecule has 0 radical (unpaired) electrons. The van der Waals surface area contributed by atoms with Crippen molar-refractivity contribution in [3.63, 3.8) is 0 Å². The smallest absolute Gasteiger partial charge is 0.122 e. The second-order valence-electron chi connectivity index (χ2n) is 3.14. The van der Waals surface area contributed by atoms with Crippen LogP contribution in [0.4, 0.5) is 0 Å². The molecule has 1 aliphatic heterocycles. The Kier molecular flexibility index (Phi) is 2.54. The highest BCUT2D eigenvalue weighted by molar-refractivity contribution is 14.1. The van der Waals surface area contributed by atoms with Crippen LogP contribution in [0.25, 0.3) is 0 Å². The van der Waals surface area contributed by atoms with Crippen LogP contribution < -0.4 is 4.74 Å². The molecule has 1 heterocycles. The first-order valence-corrected chi connectivity index (χ1v) is 5.69. The SMILES string of the molecule is ICC1COc2ccccc2C1. The minimum Gasteiger partial charge on any atom is -0.493 e. The number of halogens is 1. The number of hydrogen-bond donors (Lipinski definition) is 0. The van der Waals surface area contributed by atoms with Crippen molar-refractivity contribution >= 4 is 22.6 Å². The van der Waals surface area contributed by atoms with Crippen molar-refractivity contribution in [3.05, 3.63) is 29.8 Å². The Hall–Kier alpha value is -0.250. The van der Waals surface area contributed by atoms with Crippen molar-refractivity contribution in [1.29, 1.82) is 0 Å². The topological polar surface area (TPSA) is 9.23 Å². The van der Waals surface area contributed by atoms with Crippen molar-refractivity contribution in [2.75, 3.05) is 11.0 Å². The maximum Gasteiger partial charge on any atom is 0.122 e. The molecule has 1 nitrogen and oxygen atoms in total. The van der Waals surface area contributed by atoms with Crippen molar-refractivity contribution in [2.45, 2.75) is 6.42 Å². The summed E-state index contributed by atoms with van der Waals surface area (Å²) in [6, 6.07) is 8.33. The fourth-order valence-corrected chi connectivity index (χ4v) is 2.06. The summed E-state index contributed by atoms with van der Waals surface area (Å²) in [5.41, 5.74) is 1.37. The predicted octanol–water partition coefficient (Wildman–Crippen LogP) is 2.67. The van der Waals surface area contributed by atoms with Gasteiger partial charge in [0.25, 0.3) is 0 Å². The van der Waals surface area contributed by atoms with E-state index >= 15 is 0 Å². The van der Waals surface area contributed by atoms with Gasteiger partial charge in [0.15, 0.2) is 0 Å². The Morgan fingerprint density at radius 1 is 1.42 bits per heavy atom. The first-order valence-electron chi connectivity index (χ1n) is 4.17.